The van der Waals surface area contributed by atoms with E-state index in [1.54, 1.807) is 7.11 Å². The molecule has 0 aromatic heterocycles. The van der Waals surface area contributed by atoms with Gasteiger partial charge in [-0.2, -0.15) is 0 Å². The lowest BCUT2D eigenvalue weighted by Crippen LogP contribution is -2.29. The van der Waals surface area contributed by atoms with E-state index < -0.39 is 0 Å². The zero-order valence-corrected chi connectivity index (χ0v) is 9.47. The summed E-state index contributed by atoms with van der Waals surface area (Å²) in [5.74, 6) is 0. The van der Waals surface area contributed by atoms with Crippen LogP contribution in [0.4, 0.5) is 0 Å². The summed E-state index contributed by atoms with van der Waals surface area (Å²) in [6.07, 6.45) is 3.57. The van der Waals surface area contributed by atoms with Crippen LogP contribution in [0, 0.1) is 0 Å². The first-order valence-corrected chi connectivity index (χ1v) is 5.01. The molecule has 13 heavy (non-hydrogen) atoms. The third-order valence-corrected chi connectivity index (χ3v) is 2.23. The van der Waals surface area contributed by atoms with Crippen LogP contribution in [-0.4, -0.2) is 52.3 Å². The molecule has 3 nitrogen and oxygen atoms in total. The van der Waals surface area contributed by atoms with E-state index in [-0.39, 0.29) is 0 Å². The number of hydrogen-bond donors (Lipinski definition) is 1. The highest BCUT2D eigenvalue weighted by Gasteiger charge is 2.05. The second-order valence-electron chi connectivity index (χ2n) is 3.71. The van der Waals surface area contributed by atoms with E-state index in [0.29, 0.717) is 6.04 Å². The lowest BCUT2D eigenvalue weighted by Gasteiger charge is -2.18. The molecule has 0 aliphatic heterocycles. The third kappa shape index (κ3) is 8.22. The molecule has 0 amide bonds. The molecule has 1 N–H and O–H groups in total. The minimum absolute atomic E-state index is 0.637. The number of hydrogen-bond acceptors (Lipinski definition) is 3. The van der Waals surface area contributed by atoms with Gasteiger partial charge in [0, 0.05) is 19.8 Å². The van der Waals surface area contributed by atoms with Gasteiger partial charge in [-0.3, -0.25) is 0 Å². The minimum atomic E-state index is 0.637. The average Bonchev–Trinajstić information content (AvgIpc) is 2.10. The Morgan fingerprint density at radius 3 is 2.46 bits per heavy atom. The maximum atomic E-state index is 5.02. The maximum Gasteiger partial charge on any atom is 0.0462 e. The highest BCUT2D eigenvalue weighted by Crippen LogP contribution is 2.02. The van der Waals surface area contributed by atoms with Gasteiger partial charge in [0.05, 0.1) is 0 Å². The standard InChI is InChI=1S/C10H24N2O/c1-11-10(6-5-9-13-4)7-8-12(2)3/h10-11H,5-9H2,1-4H3. The summed E-state index contributed by atoms with van der Waals surface area (Å²) in [7, 11) is 8.02. The van der Waals surface area contributed by atoms with Gasteiger partial charge in [-0.25, -0.2) is 0 Å². The quantitative estimate of drug-likeness (QED) is 0.574. The SMILES string of the molecule is CNC(CCCOC)CCN(C)C. The second kappa shape index (κ2) is 8.48. The van der Waals surface area contributed by atoms with Gasteiger partial charge >= 0.3 is 0 Å². The van der Waals surface area contributed by atoms with Crippen molar-refractivity contribution in [1.82, 2.24) is 10.2 Å². The van der Waals surface area contributed by atoms with Gasteiger partial charge in [-0.05, 0) is 47.0 Å². The monoisotopic (exact) mass is 188 g/mol. The average molecular weight is 188 g/mol. The number of methoxy groups -OCH3 is 1. The van der Waals surface area contributed by atoms with Crippen LogP contribution in [0.15, 0.2) is 0 Å². The first-order chi connectivity index (χ1) is 6.20. The first-order valence-electron chi connectivity index (χ1n) is 5.01. The van der Waals surface area contributed by atoms with Crippen LogP contribution in [0.3, 0.4) is 0 Å². The number of ether oxygens (including phenoxy) is 1. The molecular weight excluding hydrogens is 164 g/mol. The molecule has 0 aromatic carbocycles. The van der Waals surface area contributed by atoms with E-state index in [1.165, 1.54) is 12.8 Å². The summed E-state index contributed by atoms with van der Waals surface area (Å²) in [6.45, 7) is 2.03. The lowest BCUT2D eigenvalue weighted by molar-refractivity contribution is 0.187. The fraction of sp³-hybridized carbons (Fsp3) is 1.00. The second-order valence-corrected chi connectivity index (χ2v) is 3.71. The molecule has 0 bridgehead atoms. The van der Waals surface area contributed by atoms with Crippen LogP contribution >= 0.6 is 0 Å². The molecule has 0 heterocycles. The fourth-order valence-corrected chi connectivity index (χ4v) is 1.32. The summed E-state index contributed by atoms with van der Waals surface area (Å²) in [5.41, 5.74) is 0. The van der Waals surface area contributed by atoms with E-state index in [1.807, 2.05) is 7.05 Å². The molecule has 0 aliphatic rings. The molecule has 0 spiro atoms. The van der Waals surface area contributed by atoms with Crippen LogP contribution in [-0.2, 0) is 4.74 Å². The molecule has 0 radical (unpaired) electrons. The van der Waals surface area contributed by atoms with Crippen molar-refractivity contribution in [1.29, 1.82) is 0 Å². The topological polar surface area (TPSA) is 24.5 Å². The highest BCUT2D eigenvalue weighted by molar-refractivity contribution is 4.65. The van der Waals surface area contributed by atoms with Crippen molar-refractivity contribution in [2.45, 2.75) is 25.3 Å². The Morgan fingerprint density at radius 1 is 1.31 bits per heavy atom. The Labute approximate surface area is 82.4 Å². The number of nitrogens with one attached hydrogen (secondary N) is 1. The molecule has 0 fully saturated rings. The molecule has 3 heteroatoms. The van der Waals surface area contributed by atoms with Gasteiger partial charge in [0.2, 0.25) is 0 Å². The van der Waals surface area contributed by atoms with E-state index >= 15 is 0 Å². The fourth-order valence-electron chi connectivity index (χ4n) is 1.32. The molecule has 1 atom stereocenters. The van der Waals surface area contributed by atoms with Crippen molar-refractivity contribution >= 4 is 0 Å². The summed E-state index contributed by atoms with van der Waals surface area (Å²) in [5, 5.41) is 3.33. The van der Waals surface area contributed by atoms with Crippen molar-refractivity contribution in [2.75, 3.05) is 41.4 Å². The van der Waals surface area contributed by atoms with Crippen LogP contribution in [0.5, 0.6) is 0 Å². The summed E-state index contributed by atoms with van der Waals surface area (Å²) in [4.78, 5) is 2.22. The van der Waals surface area contributed by atoms with Crippen molar-refractivity contribution in [2.24, 2.45) is 0 Å². The van der Waals surface area contributed by atoms with Gasteiger partial charge in [0.1, 0.15) is 0 Å². The number of rotatable bonds is 8. The molecule has 0 saturated heterocycles. The summed E-state index contributed by atoms with van der Waals surface area (Å²) < 4.78 is 5.02. The lowest BCUT2D eigenvalue weighted by atomic mass is 10.1. The van der Waals surface area contributed by atoms with Crippen molar-refractivity contribution in [3.05, 3.63) is 0 Å². The Hall–Kier alpha value is -0.120. The van der Waals surface area contributed by atoms with E-state index in [2.05, 4.69) is 24.3 Å². The predicted molar refractivity (Wildman–Crippen MR) is 57.1 cm³/mol. The predicted octanol–water partition coefficient (Wildman–Crippen LogP) is 0.953. The Bertz CT molecular complexity index is 107. The molecule has 0 rings (SSSR count). The largest absolute Gasteiger partial charge is 0.385 e. The molecule has 1 unspecified atom stereocenters. The van der Waals surface area contributed by atoms with Gasteiger partial charge in [0.25, 0.3) is 0 Å². The molecule has 80 valence electrons. The Morgan fingerprint density at radius 2 is 2.00 bits per heavy atom. The smallest absolute Gasteiger partial charge is 0.0462 e. The summed E-state index contributed by atoms with van der Waals surface area (Å²) >= 11 is 0. The normalized spacial score (nSPS) is 13.6. The van der Waals surface area contributed by atoms with Gasteiger partial charge in [0.15, 0.2) is 0 Å². The van der Waals surface area contributed by atoms with Crippen molar-refractivity contribution < 1.29 is 4.74 Å². The minimum Gasteiger partial charge on any atom is -0.385 e. The van der Waals surface area contributed by atoms with Crippen LogP contribution in [0.1, 0.15) is 19.3 Å². The van der Waals surface area contributed by atoms with Crippen LogP contribution in [0.2, 0.25) is 0 Å². The maximum absolute atomic E-state index is 5.02. The Balaban J connectivity index is 3.39. The van der Waals surface area contributed by atoms with Crippen LogP contribution in [0.25, 0.3) is 0 Å². The van der Waals surface area contributed by atoms with E-state index in [0.717, 1.165) is 19.6 Å². The molecule has 0 aromatic rings. The van der Waals surface area contributed by atoms with Gasteiger partial charge in [-0.1, -0.05) is 0 Å². The number of nitrogens with zero attached hydrogens (tertiary/aromatic N) is 1. The summed E-state index contributed by atoms with van der Waals surface area (Å²) in [6, 6.07) is 0.637. The van der Waals surface area contributed by atoms with Gasteiger partial charge in [-0.15, -0.1) is 0 Å². The zero-order chi connectivity index (χ0) is 10.1. The highest BCUT2D eigenvalue weighted by atomic mass is 16.5. The Kier molecular flexibility index (Phi) is 8.40. The van der Waals surface area contributed by atoms with Crippen molar-refractivity contribution in [3.63, 3.8) is 0 Å². The first kappa shape index (κ1) is 12.9. The van der Waals surface area contributed by atoms with Crippen LogP contribution < -0.4 is 5.32 Å². The zero-order valence-electron chi connectivity index (χ0n) is 9.47. The molecular formula is C10H24N2O. The van der Waals surface area contributed by atoms with Crippen molar-refractivity contribution in [3.8, 4) is 0 Å². The van der Waals surface area contributed by atoms with Gasteiger partial charge < -0.3 is 15.0 Å². The molecule has 0 saturated carbocycles. The molecule has 0 aliphatic carbocycles. The van der Waals surface area contributed by atoms with E-state index in [9.17, 15) is 0 Å². The van der Waals surface area contributed by atoms with E-state index in [4.69, 9.17) is 4.74 Å². The third-order valence-electron chi connectivity index (χ3n) is 2.23.